The van der Waals surface area contributed by atoms with Crippen LogP contribution in [-0.2, 0) is 4.74 Å². The molecule has 0 spiro atoms. The second-order valence-electron chi connectivity index (χ2n) is 3.16. The van der Waals surface area contributed by atoms with E-state index in [9.17, 15) is 0 Å². The predicted molar refractivity (Wildman–Crippen MR) is 61.0 cm³/mol. The first-order valence-corrected chi connectivity index (χ1v) is 5.39. The minimum Gasteiger partial charge on any atom is -0.488 e. The molecule has 1 aliphatic heterocycles. The molecule has 2 rings (SSSR count). The fraction of sp³-hybridized carbons (Fsp3) is 0.300. The van der Waals surface area contributed by atoms with Gasteiger partial charge in [-0.1, -0.05) is 12.1 Å². The largest absolute Gasteiger partial charge is 0.488 e. The van der Waals surface area contributed by atoms with Gasteiger partial charge in [-0.05, 0) is 28.1 Å². The fourth-order valence-corrected chi connectivity index (χ4v) is 1.67. The third kappa shape index (κ3) is 2.62. The van der Waals surface area contributed by atoms with Gasteiger partial charge in [0.15, 0.2) is 6.10 Å². The summed E-state index contributed by atoms with van der Waals surface area (Å²) >= 11 is 3.40. The number of hydrogen-bond acceptors (Lipinski definition) is 4. The molecule has 5 heteroatoms. The van der Waals surface area contributed by atoms with Crippen LogP contribution in [0.25, 0.3) is 0 Å². The standard InChI is InChI=1S/C10H11BrN2O2/c11-8-3-1-2-4-9(8)14-6-7-5-13-10(12)15-7/h1-4,7H,5-6H2,(H2,12,13). The highest BCUT2D eigenvalue weighted by Gasteiger charge is 2.18. The Balaban J connectivity index is 1.86. The summed E-state index contributed by atoms with van der Waals surface area (Å²) in [5.74, 6) is 0.798. The number of aliphatic imine (C=N–C) groups is 1. The lowest BCUT2D eigenvalue weighted by atomic mass is 10.3. The minimum absolute atomic E-state index is 0.0721. The van der Waals surface area contributed by atoms with Gasteiger partial charge in [0, 0.05) is 0 Å². The molecule has 0 fully saturated rings. The summed E-state index contributed by atoms with van der Waals surface area (Å²) in [5.41, 5.74) is 5.39. The minimum atomic E-state index is -0.0721. The third-order valence-electron chi connectivity index (χ3n) is 2.00. The van der Waals surface area contributed by atoms with E-state index in [0.717, 1.165) is 10.2 Å². The summed E-state index contributed by atoms with van der Waals surface area (Å²) in [6.45, 7) is 1.02. The first kappa shape index (κ1) is 10.3. The molecule has 0 saturated heterocycles. The van der Waals surface area contributed by atoms with E-state index in [0.29, 0.717) is 13.2 Å². The lowest BCUT2D eigenvalue weighted by molar-refractivity contribution is 0.141. The van der Waals surface area contributed by atoms with Crippen LogP contribution in [0, 0.1) is 0 Å². The van der Waals surface area contributed by atoms with Crippen molar-refractivity contribution in [2.45, 2.75) is 6.10 Å². The Morgan fingerprint density at radius 3 is 3.00 bits per heavy atom. The van der Waals surface area contributed by atoms with Crippen LogP contribution in [0.4, 0.5) is 0 Å². The molecule has 1 aromatic carbocycles. The average Bonchev–Trinajstić information content (AvgIpc) is 2.63. The molecule has 4 nitrogen and oxygen atoms in total. The van der Waals surface area contributed by atoms with Gasteiger partial charge in [-0.3, -0.25) is 0 Å². The van der Waals surface area contributed by atoms with Crippen LogP contribution in [0.15, 0.2) is 33.7 Å². The normalized spacial score (nSPS) is 19.5. The van der Waals surface area contributed by atoms with Crippen LogP contribution in [0.3, 0.4) is 0 Å². The molecule has 0 amide bonds. The second kappa shape index (κ2) is 4.53. The van der Waals surface area contributed by atoms with Gasteiger partial charge in [-0.25, -0.2) is 4.99 Å². The van der Waals surface area contributed by atoms with Crippen molar-refractivity contribution in [3.05, 3.63) is 28.7 Å². The van der Waals surface area contributed by atoms with Crippen molar-refractivity contribution in [1.29, 1.82) is 0 Å². The summed E-state index contributed by atoms with van der Waals surface area (Å²) in [5, 5.41) is 0. The Labute approximate surface area is 96.2 Å². The van der Waals surface area contributed by atoms with Crippen molar-refractivity contribution in [1.82, 2.24) is 0 Å². The van der Waals surface area contributed by atoms with Gasteiger partial charge in [-0.2, -0.15) is 0 Å². The smallest absolute Gasteiger partial charge is 0.282 e. The highest BCUT2D eigenvalue weighted by atomic mass is 79.9. The summed E-state index contributed by atoms with van der Waals surface area (Å²) in [7, 11) is 0. The molecule has 0 bridgehead atoms. The third-order valence-corrected chi connectivity index (χ3v) is 2.65. The molecule has 15 heavy (non-hydrogen) atoms. The SMILES string of the molecule is NC1=NCC(COc2ccccc2Br)O1. The number of hydrogen-bond donors (Lipinski definition) is 1. The molecule has 1 heterocycles. The monoisotopic (exact) mass is 270 g/mol. The van der Waals surface area contributed by atoms with E-state index >= 15 is 0 Å². The van der Waals surface area contributed by atoms with Crippen molar-refractivity contribution < 1.29 is 9.47 Å². The van der Waals surface area contributed by atoms with Gasteiger partial charge in [0.25, 0.3) is 6.02 Å². The highest BCUT2D eigenvalue weighted by molar-refractivity contribution is 9.10. The van der Waals surface area contributed by atoms with E-state index in [1.165, 1.54) is 0 Å². The Hall–Kier alpha value is -1.23. The molecule has 1 atom stereocenters. The number of rotatable bonds is 3. The van der Waals surface area contributed by atoms with Crippen LogP contribution >= 0.6 is 15.9 Å². The van der Waals surface area contributed by atoms with Crippen LogP contribution in [0.5, 0.6) is 5.75 Å². The van der Waals surface area contributed by atoms with Crippen LogP contribution in [0.1, 0.15) is 0 Å². The summed E-state index contributed by atoms with van der Waals surface area (Å²) in [6.07, 6.45) is -0.0721. The lowest BCUT2D eigenvalue weighted by Gasteiger charge is -2.12. The number of nitrogens with two attached hydrogens (primary N) is 1. The first-order chi connectivity index (χ1) is 7.25. The topological polar surface area (TPSA) is 56.8 Å². The number of para-hydroxylation sites is 1. The van der Waals surface area contributed by atoms with E-state index in [1.54, 1.807) is 0 Å². The van der Waals surface area contributed by atoms with Gasteiger partial charge >= 0.3 is 0 Å². The molecule has 80 valence electrons. The number of benzene rings is 1. The summed E-state index contributed by atoms with van der Waals surface area (Å²) in [6, 6.07) is 7.92. The number of halogens is 1. The second-order valence-corrected chi connectivity index (χ2v) is 4.01. The Morgan fingerprint density at radius 2 is 2.33 bits per heavy atom. The lowest BCUT2D eigenvalue weighted by Crippen LogP contribution is -2.24. The molecule has 0 radical (unpaired) electrons. The predicted octanol–water partition coefficient (Wildman–Crippen LogP) is 1.54. The van der Waals surface area contributed by atoms with E-state index in [-0.39, 0.29) is 12.1 Å². The molecular formula is C10H11BrN2O2. The Bertz CT molecular complexity index is 381. The number of ether oxygens (including phenoxy) is 2. The maximum atomic E-state index is 5.57. The van der Waals surface area contributed by atoms with E-state index < -0.39 is 0 Å². The van der Waals surface area contributed by atoms with Crippen LogP contribution in [-0.4, -0.2) is 25.3 Å². The molecular weight excluding hydrogens is 260 g/mol. The fourth-order valence-electron chi connectivity index (χ4n) is 1.27. The molecule has 0 aliphatic carbocycles. The van der Waals surface area contributed by atoms with Crippen molar-refractivity contribution >= 4 is 22.0 Å². The van der Waals surface area contributed by atoms with Gasteiger partial charge in [-0.15, -0.1) is 0 Å². The maximum Gasteiger partial charge on any atom is 0.282 e. The van der Waals surface area contributed by atoms with Crippen molar-refractivity contribution in [3.63, 3.8) is 0 Å². The number of nitrogens with zero attached hydrogens (tertiary/aromatic N) is 1. The van der Waals surface area contributed by atoms with Crippen molar-refractivity contribution in [2.24, 2.45) is 10.7 Å². The van der Waals surface area contributed by atoms with E-state index in [1.807, 2.05) is 24.3 Å². The van der Waals surface area contributed by atoms with Gasteiger partial charge in [0.2, 0.25) is 0 Å². The summed E-state index contributed by atoms with van der Waals surface area (Å²) in [4.78, 5) is 3.93. The zero-order valence-electron chi connectivity index (χ0n) is 8.02. The average molecular weight is 271 g/mol. The zero-order valence-corrected chi connectivity index (χ0v) is 9.61. The highest BCUT2D eigenvalue weighted by Crippen LogP contribution is 2.24. The van der Waals surface area contributed by atoms with E-state index in [2.05, 4.69) is 20.9 Å². The molecule has 1 unspecified atom stereocenters. The van der Waals surface area contributed by atoms with Crippen molar-refractivity contribution in [2.75, 3.05) is 13.2 Å². The Morgan fingerprint density at radius 1 is 1.53 bits per heavy atom. The van der Waals surface area contributed by atoms with Crippen LogP contribution < -0.4 is 10.5 Å². The van der Waals surface area contributed by atoms with Gasteiger partial charge in [0.05, 0.1) is 11.0 Å². The summed E-state index contributed by atoms with van der Waals surface area (Å²) < 4.78 is 11.7. The molecule has 1 aliphatic rings. The quantitative estimate of drug-likeness (QED) is 0.907. The maximum absolute atomic E-state index is 5.57. The van der Waals surface area contributed by atoms with Gasteiger partial charge < -0.3 is 15.2 Å². The van der Waals surface area contributed by atoms with Crippen molar-refractivity contribution in [3.8, 4) is 5.75 Å². The molecule has 1 aromatic rings. The van der Waals surface area contributed by atoms with Crippen LogP contribution in [0.2, 0.25) is 0 Å². The Kier molecular flexibility index (Phi) is 3.11. The van der Waals surface area contributed by atoms with E-state index in [4.69, 9.17) is 15.2 Å². The first-order valence-electron chi connectivity index (χ1n) is 4.59. The van der Waals surface area contributed by atoms with Gasteiger partial charge in [0.1, 0.15) is 12.4 Å². The molecule has 2 N–H and O–H groups in total. The number of amidine groups is 1. The molecule has 0 aromatic heterocycles. The molecule has 0 saturated carbocycles. The zero-order chi connectivity index (χ0) is 10.7.